The van der Waals surface area contributed by atoms with Crippen LogP contribution in [0.2, 0.25) is 0 Å². The van der Waals surface area contributed by atoms with Crippen molar-refractivity contribution in [3.63, 3.8) is 0 Å². The van der Waals surface area contributed by atoms with Gasteiger partial charge in [0.05, 0.1) is 6.61 Å². The van der Waals surface area contributed by atoms with Crippen molar-refractivity contribution < 1.29 is 5.11 Å². The number of aliphatic hydroxyl groups is 1. The summed E-state index contributed by atoms with van der Waals surface area (Å²) in [6.45, 7) is 0.0629. The van der Waals surface area contributed by atoms with E-state index in [1.54, 1.807) is 6.08 Å². The Morgan fingerprint density at radius 2 is 1.33 bits per heavy atom. The van der Waals surface area contributed by atoms with Gasteiger partial charge in [0.2, 0.25) is 0 Å². The number of benzene rings is 2. The molecule has 0 bridgehead atoms. The highest BCUT2D eigenvalue weighted by Gasteiger charge is 2.02. The van der Waals surface area contributed by atoms with Gasteiger partial charge in [-0.3, -0.25) is 0 Å². The van der Waals surface area contributed by atoms with Crippen LogP contribution in [0, 0.1) is 0 Å². The molecular weight excluding hydrogens is 220 g/mol. The summed E-state index contributed by atoms with van der Waals surface area (Å²) in [4.78, 5) is 0. The molecule has 2 rings (SSSR count). The molecule has 0 unspecified atom stereocenters. The summed E-state index contributed by atoms with van der Waals surface area (Å²) >= 11 is 0. The Labute approximate surface area is 108 Å². The van der Waals surface area contributed by atoms with Crippen LogP contribution >= 0.6 is 0 Å². The maximum Gasteiger partial charge on any atom is 0.0615 e. The van der Waals surface area contributed by atoms with E-state index in [-0.39, 0.29) is 6.61 Å². The van der Waals surface area contributed by atoms with E-state index in [0.717, 1.165) is 5.57 Å². The molecule has 0 fully saturated rings. The number of allylic oxidation sites excluding steroid dienone is 2. The normalized spacial score (nSPS) is 10.5. The van der Waals surface area contributed by atoms with Gasteiger partial charge in [0, 0.05) is 0 Å². The van der Waals surface area contributed by atoms with Crippen molar-refractivity contribution in [3.8, 4) is 0 Å². The lowest BCUT2D eigenvalue weighted by molar-refractivity contribution is 0.343. The highest BCUT2D eigenvalue weighted by molar-refractivity contribution is 5.80. The van der Waals surface area contributed by atoms with Crippen LogP contribution in [-0.2, 0) is 0 Å². The van der Waals surface area contributed by atoms with Gasteiger partial charge in [-0.2, -0.15) is 0 Å². The molecule has 1 N–H and O–H groups in total. The van der Waals surface area contributed by atoms with Gasteiger partial charge in [0.15, 0.2) is 0 Å². The molecular formula is C17H16O. The van der Waals surface area contributed by atoms with E-state index in [4.69, 9.17) is 5.11 Å². The van der Waals surface area contributed by atoms with Gasteiger partial charge >= 0.3 is 0 Å². The highest BCUT2D eigenvalue weighted by atomic mass is 16.2. The molecule has 0 radical (unpaired) electrons. The summed E-state index contributed by atoms with van der Waals surface area (Å²) in [5, 5.41) is 8.80. The van der Waals surface area contributed by atoms with Crippen LogP contribution in [0.3, 0.4) is 0 Å². The molecule has 0 amide bonds. The minimum atomic E-state index is 0.0629. The fraction of sp³-hybridized carbons (Fsp3) is 0.0588. The first-order chi connectivity index (χ1) is 8.92. The van der Waals surface area contributed by atoms with Crippen LogP contribution in [0.15, 0.2) is 78.9 Å². The molecule has 1 nitrogen and oxygen atoms in total. The molecule has 0 saturated carbocycles. The molecule has 1 heteroatoms. The summed E-state index contributed by atoms with van der Waals surface area (Å²) in [6, 6.07) is 20.5. The molecule has 0 aromatic heterocycles. The number of rotatable bonds is 4. The predicted molar refractivity (Wildman–Crippen MR) is 76.2 cm³/mol. The smallest absolute Gasteiger partial charge is 0.0615 e. The van der Waals surface area contributed by atoms with Crippen LogP contribution in [0.25, 0.3) is 5.57 Å². The molecule has 0 aliphatic heterocycles. The van der Waals surface area contributed by atoms with Crippen molar-refractivity contribution in [2.75, 3.05) is 6.61 Å². The van der Waals surface area contributed by atoms with Gasteiger partial charge in [-0.1, -0.05) is 78.9 Å². The Balaban J connectivity index is 2.42. The van der Waals surface area contributed by atoms with E-state index in [2.05, 4.69) is 24.3 Å². The van der Waals surface area contributed by atoms with Gasteiger partial charge in [0.25, 0.3) is 0 Å². The number of hydrogen-bond acceptors (Lipinski definition) is 1. The van der Waals surface area contributed by atoms with Gasteiger partial charge in [-0.05, 0) is 16.7 Å². The first kappa shape index (κ1) is 12.3. The summed E-state index contributed by atoms with van der Waals surface area (Å²) in [5.74, 6) is 0. The first-order valence-electron chi connectivity index (χ1n) is 6.00. The van der Waals surface area contributed by atoms with Crippen molar-refractivity contribution in [3.05, 3.63) is 90.0 Å². The molecule has 0 heterocycles. The minimum Gasteiger partial charge on any atom is -0.392 e. The van der Waals surface area contributed by atoms with Crippen molar-refractivity contribution in [1.29, 1.82) is 0 Å². The largest absolute Gasteiger partial charge is 0.392 e. The first-order valence-corrected chi connectivity index (χ1v) is 6.00. The van der Waals surface area contributed by atoms with E-state index < -0.39 is 0 Å². The molecule has 0 saturated heterocycles. The lowest BCUT2D eigenvalue weighted by Gasteiger charge is -2.07. The Morgan fingerprint density at radius 3 is 1.78 bits per heavy atom. The zero-order valence-electron chi connectivity index (χ0n) is 10.2. The zero-order valence-corrected chi connectivity index (χ0v) is 10.2. The van der Waals surface area contributed by atoms with E-state index in [1.807, 2.05) is 48.6 Å². The van der Waals surface area contributed by atoms with Crippen molar-refractivity contribution in [2.24, 2.45) is 0 Å². The SMILES string of the molecule is OC/C=C/C=C(c1ccccc1)c1ccccc1. The van der Waals surface area contributed by atoms with Crippen molar-refractivity contribution in [1.82, 2.24) is 0 Å². The van der Waals surface area contributed by atoms with Crippen LogP contribution in [-0.4, -0.2) is 11.7 Å². The standard InChI is InChI=1S/C17H16O/c18-14-8-7-13-17(15-9-3-1-4-10-15)16-11-5-2-6-12-16/h1-13,18H,14H2/b8-7+. The van der Waals surface area contributed by atoms with Gasteiger partial charge in [-0.25, -0.2) is 0 Å². The van der Waals surface area contributed by atoms with Gasteiger partial charge in [0.1, 0.15) is 0 Å². The van der Waals surface area contributed by atoms with E-state index >= 15 is 0 Å². The lowest BCUT2D eigenvalue weighted by Crippen LogP contribution is -1.86. The Kier molecular flexibility index (Phi) is 4.51. The Hall–Kier alpha value is -2.12. The Bertz CT molecular complexity index is 483. The van der Waals surface area contributed by atoms with Crippen LogP contribution < -0.4 is 0 Å². The summed E-state index contributed by atoms with van der Waals surface area (Å²) < 4.78 is 0. The molecule has 0 aliphatic rings. The molecule has 0 spiro atoms. The van der Waals surface area contributed by atoms with E-state index in [1.165, 1.54) is 11.1 Å². The quantitative estimate of drug-likeness (QED) is 0.803. The summed E-state index contributed by atoms with van der Waals surface area (Å²) in [7, 11) is 0. The van der Waals surface area contributed by atoms with Crippen molar-refractivity contribution >= 4 is 5.57 Å². The topological polar surface area (TPSA) is 20.2 Å². The monoisotopic (exact) mass is 236 g/mol. The molecule has 2 aromatic rings. The zero-order chi connectivity index (χ0) is 12.6. The van der Waals surface area contributed by atoms with E-state index in [9.17, 15) is 0 Å². The summed E-state index contributed by atoms with van der Waals surface area (Å²) in [5.41, 5.74) is 3.50. The predicted octanol–water partition coefficient (Wildman–Crippen LogP) is 3.67. The van der Waals surface area contributed by atoms with Crippen molar-refractivity contribution in [2.45, 2.75) is 0 Å². The molecule has 90 valence electrons. The highest BCUT2D eigenvalue weighted by Crippen LogP contribution is 2.22. The fourth-order valence-corrected chi connectivity index (χ4v) is 1.82. The third-order valence-corrected chi connectivity index (χ3v) is 2.67. The Morgan fingerprint density at radius 1 is 0.833 bits per heavy atom. The third kappa shape index (κ3) is 3.19. The third-order valence-electron chi connectivity index (χ3n) is 2.67. The summed E-state index contributed by atoms with van der Waals surface area (Å²) in [6.07, 6.45) is 5.64. The molecule has 0 aliphatic carbocycles. The van der Waals surface area contributed by atoms with Crippen LogP contribution in [0.4, 0.5) is 0 Å². The van der Waals surface area contributed by atoms with E-state index in [0.29, 0.717) is 0 Å². The van der Waals surface area contributed by atoms with Gasteiger partial charge in [-0.15, -0.1) is 0 Å². The second kappa shape index (κ2) is 6.58. The minimum absolute atomic E-state index is 0.0629. The second-order valence-electron chi connectivity index (χ2n) is 3.92. The second-order valence-corrected chi connectivity index (χ2v) is 3.92. The fourth-order valence-electron chi connectivity index (χ4n) is 1.82. The maximum atomic E-state index is 8.80. The molecule has 18 heavy (non-hydrogen) atoms. The maximum absolute atomic E-state index is 8.80. The van der Waals surface area contributed by atoms with Crippen LogP contribution in [0.5, 0.6) is 0 Å². The van der Waals surface area contributed by atoms with Crippen LogP contribution in [0.1, 0.15) is 11.1 Å². The average Bonchev–Trinajstić information content (AvgIpc) is 2.46. The molecule has 2 aromatic carbocycles. The lowest BCUT2D eigenvalue weighted by atomic mass is 9.97. The van der Waals surface area contributed by atoms with Gasteiger partial charge < -0.3 is 5.11 Å². The molecule has 0 atom stereocenters. The number of aliphatic hydroxyl groups excluding tert-OH is 1. The average molecular weight is 236 g/mol. The number of hydrogen-bond donors (Lipinski definition) is 1.